The van der Waals surface area contributed by atoms with Gasteiger partial charge in [0.05, 0.1) is 26.2 Å². The third-order valence-corrected chi connectivity index (χ3v) is 5.13. The average Bonchev–Trinajstić information content (AvgIpc) is 2.70. The summed E-state index contributed by atoms with van der Waals surface area (Å²) in [5.74, 6) is 0.816. The zero-order chi connectivity index (χ0) is 19.8. The minimum atomic E-state index is 0.000532. The smallest absolute Gasteiger partial charge is 0.224 e. The van der Waals surface area contributed by atoms with Crippen LogP contribution < -0.4 is 15.0 Å². The number of benzene rings is 2. The van der Waals surface area contributed by atoms with E-state index in [1.165, 1.54) is 16.0 Å². The Bertz CT molecular complexity index is 737. The molecule has 1 aliphatic rings. The summed E-state index contributed by atoms with van der Waals surface area (Å²) in [6.45, 7) is 8.90. The Morgan fingerprint density at radius 2 is 1.64 bits per heavy atom. The third kappa shape index (κ3) is 6.36. The molecular formula is C23H31N2O3+. The molecule has 1 atom stereocenters. The second kappa shape index (κ2) is 10.2. The number of nitrogens with one attached hydrogen (secondary N) is 2. The quantitative estimate of drug-likeness (QED) is 0.732. The Balaban J connectivity index is 1.55. The van der Waals surface area contributed by atoms with Gasteiger partial charge >= 0.3 is 0 Å². The molecule has 5 nitrogen and oxygen atoms in total. The zero-order valence-corrected chi connectivity index (χ0v) is 16.9. The van der Waals surface area contributed by atoms with E-state index in [-0.39, 0.29) is 11.9 Å². The Morgan fingerprint density at radius 3 is 2.29 bits per heavy atom. The number of morpholine rings is 1. The molecular weight excluding hydrogens is 352 g/mol. The van der Waals surface area contributed by atoms with Crippen molar-refractivity contribution in [2.75, 3.05) is 39.5 Å². The van der Waals surface area contributed by atoms with Gasteiger partial charge in [0.15, 0.2) is 0 Å². The van der Waals surface area contributed by atoms with Crippen molar-refractivity contribution in [3.63, 3.8) is 0 Å². The maximum absolute atomic E-state index is 12.6. The van der Waals surface area contributed by atoms with Gasteiger partial charge in [-0.1, -0.05) is 47.5 Å². The molecule has 0 spiro atoms. The van der Waals surface area contributed by atoms with E-state index in [1.54, 1.807) is 0 Å². The van der Waals surface area contributed by atoms with E-state index in [9.17, 15) is 4.79 Å². The molecule has 0 unspecified atom stereocenters. The van der Waals surface area contributed by atoms with Gasteiger partial charge in [0, 0.05) is 0 Å². The van der Waals surface area contributed by atoms with Crippen molar-refractivity contribution < 1.29 is 19.2 Å². The van der Waals surface area contributed by atoms with Crippen LogP contribution in [0.25, 0.3) is 0 Å². The van der Waals surface area contributed by atoms with Gasteiger partial charge < -0.3 is 19.7 Å². The van der Waals surface area contributed by atoms with E-state index >= 15 is 0 Å². The highest BCUT2D eigenvalue weighted by Crippen LogP contribution is 2.14. The summed E-state index contributed by atoms with van der Waals surface area (Å²) in [6.07, 6.45) is 0.342. The largest absolute Gasteiger partial charge is 0.493 e. The van der Waals surface area contributed by atoms with Gasteiger partial charge in [-0.05, 0) is 31.5 Å². The fourth-order valence-electron chi connectivity index (χ4n) is 3.37. The number of aryl methyl sites for hydroxylation is 2. The number of rotatable bonds is 8. The van der Waals surface area contributed by atoms with E-state index in [1.807, 2.05) is 31.2 Å². The van der Waals surface area contributed by atoms with Crippen LogP contribution in [0.5, 0.6) is 5.75 Å². The third-order valence-electron chi connectivity index (χ3n) is 5.13. The number of ether oxygens (including phenoxy) is 2. The highest BCUT2D eigenvalue weighted by atomic mass is 16.5. The summed E-state index contributed by atoms with van der Waals surface area (Å²) in [5.41, 5.74) is 3.56. The first-order valence-electron chi connectivity index (χ1n) is 10.1. The Kier molecular flexibility index (Phi) is 7.46. The van der Waals surface area contributed by atoms with E-state index in [4.69, 9.17) is 9.47 Å². The van der Waals surface area contributed by atoms with Gasteiger partial charge in [-0.3, -0.25) is 4.79 Å². The highest BCUT2D eigenvalue weighted by Gasteiger charge is 2.22. The van der Waals surface area contributed by atoms with E-state index in [2.05, 4.69) is 36.5 Å². The van der Waals surface area contributed by atoms with Gasteiger partial charge in [-0.15, -0.1) is 0 Å². The lowest BCUT2D eigenvalue weighted by Crippen LogP contribution is -3.14. The molecule has 3 rings (SSSR count). The lowest BCUT2D eigenvalue weighted by atomic mass is 10.0. The summed E-state index contributed by atoms with van der Waals surface area (Å²) in [7, 11) is 0. The molecule has 1 amide bonds. The number of quaternary nitrogens is 1. The van der Waals surface area contributed by atoms with Crippen molar-refractivity contribution in [2.45, 2.75) is 26.3 Å². The molecule has 0 radical (unpaired) electrons. The van der Waals surface area contributed by atoms with Crippen LogP contribution in [0, 0.1) is 13.8 Å². The summed E-state index contributed by atoms with van der Waals surface area (Å²) in [6, 6.07) is 16.3. The molecule has 2 aromatic carbocycles. The van der Waals surface area contributed by atoms with Crippen molar-refractivity contribution in [2.24, 2.45) is 0 Å². The predicted molar refractivity (Wildman–Crippen MR) is 110 cm³/mol. The molecule has 0 aliphatic carbocycles. The van der Waals surface area contributed by atoms with Crippen LogP contribution in [0.2, 0.25) is 0 Å². The second-order valence-corrected chi connectivity index (χ2v) is 7.51. The summed E-state index contributed by atoms with van der Waals surface area (Å²) in [4.78, 5) is 14.0. The molecule has 28 heavy (non-hydrogen) atoms. The number of hydrogen-bond acceptors (Lipinski definition) is 3. The van der Waals surface area contributed by atoms with Crippen LogP contribution >= 0.6 is 0 Å². The van der Waals surface area contributed by atoms with Crippen LogP contribution in [-0.2, 0) is 9.53 Å². The molecule has 1 saturated heterocycles. The van der Waals surface area contributed by atoms with Gasteiger partial charge in [-0.25, -0.2) is 0 Å². The number of carbonyl (C=O) groups excluding carboxylic acids is 1. The van der Waals surface area contributed by atoms with Gasteiger partial charge in [0.2, 0.25) is 5.91 Å². The highest BCUT2D eigenvalue weighted by molar-refractivity contribution is 5.76. The first kappa shape index (κ1) is 20.4. The Morgan fingerprint density at radius 1 is 1.04 bits per heavy atom. The molecule has 1 fully saturated rings. The van der Waals surface area contributed by atoms with Crippen molar-refractivity contribution in [1.82, 2.24) is 5.32 Å². The molecule has 5 heteroatoms. The van der Waals surface area contributed by atoms with Crippen LogP contribution in [0.4, 0.5) is 0 Å². The van der Waals surface area contributed by atoms with Crippen LogP contribution in [-0.4, -0.2) is 45.4 Å². The van der Waals surface area contributed by atoms with Crippen molar-refractivity contribution in [3.8, 4) is 5.75 Å². The van der Waals surface area contributed by atoms with Crippen LogP contribution in [0.3, 0.4) is 0 Å². The molecule has 0 saturated carbocycles. The first-order valence-corrected chi connectivity index (χ1v) is 10.1. The maximum Gasteiger partial charge on any atom is 0.224 e. The maximum atomic E-state index is 12.6. The summed E-state index contributed by atoms with van der Waals surface area (Å²) >= 11 is 0. The van der Waals surface area contributed by atoms with E-state index in [0.29, 0.717) is 13.0 Å². The summed E-state index contributed by atoms with van der Waals surface area (Å²) < 4.78 is 11.2. The number of carbonyl (C=O) groups is 1. The minimum absolute atomic E-state index is 0.000532. The Labute approximate surface area is 167 Å². The van der Waals surface area contributed by atoms with E-state index < -0.39 is 0 Å². The van der Waals surface area contributed by atoms with Crippen molar-refractivity contribution in [1.29, 1.82) is 0 Å². The Hall–Kier alpha value is -2.37. The van der Waals surface area contributed by atoms with Gasteiger partial charge in [0.25, 0.3) is 0 Å². The van der Waals surface area contributed by atoms with Crippen LogP contribution in [0.15, 0.2) is 48.5 Å². The fourth-order valence-corrected chi connectivity index (χ4v) is 3.37. The first-order chi connectivity index (χ1) is 13.6. The van der Waals surface area contributed by atoms with Crippen molar-refractivity contribution in [3.05, 3.63) is 65.2 Å². The SMILES string of the molecule is Cc1ccc(OCCC(=O)N[C@H](C[NH+]2CCOCC2)c2ccc(C)cc2)cc1. The lowest BCUT2D eigenvalue weighted by molar-refractivity contribution is -0.909. The summed E-state index contributed by atoms with van der Waals surface area (Å²) in [5, 5.41) is 3.21. The van der Waals surface area contributed by atoms with Crippen LogP contribution in [0.1, 0.15) is 29.2 Å². The molecule has 2 aromatic rings. The van der Waals surface area contributed by atoms with Gasteiger partial charge in [-0.2, -0.15) is 0 Å². The molecule has 2 N–H and O–H groups in total. The average molecular weight is 384 g/mol. The molecule has 0 bridgehead atoms. The van der Waals surface area contributed by atoms with E-state index in [0.717, 1.165) is 44.2 Å². The number of amides is 1. The second-order valence-electron chi connectivity index (χ2n) is 7.51. The molecule has 1 heterocycles. The fraction of sp³-hybridized carbons (Fsp3) is 0.435. The molecule has 1 aliphatic heterocycles. The molecule has 150 valence electrons. The number of hydrogen-bond donors (Lipinski definition) is 2. The zero-order valence-electron chi connectivity index (χ0n) is 16.9. The molecule has 0 aromatic heterocycles. The van der Waals surface area contributed by atoms with Crippen molar-refractivity contribution >= 4 is 5.91 Å². The predicted octanol–water partition coefficient (Wildman–Crippen LogP) is 1.84. The van der Waals surface area contributed by atoms with Gasteiger partial charge in [0.1, 0.15) is 31.4 Å². The standard InChI is InChI=1S/C23H30N2O3/c1-18-3-7-20(8-4-18)22(17-25-12-15-27-16-13-25)24-23(26)11-14-28-21-9-5-19(2)6-10-21/h3-10,22H,11-17H2,1-2H3,(H,24,26)/p+1/t22-/m1/s1. The topological polar surface area (TPSA) is 52.0 Å². The minimum Gasteiger partial charge on any atom is -0.493 e. The monoisotopic (exact) mass is 383 g/mol. The normalized spacial score (nSPS) is 15.8. The lowest BCUT2D eigenvalue weighted by Gasteiger charge is -2.28.